The van der Waals surface area contributed by atoms with Gasteiger partial charge < -0.3 is 5.73 Å². The Kier molecular flexibility index (Phi) is 3.92. The Labute approximate surface area is 116 Å². The maximum absolute atomic E-state index is 12.1. The molecular formula is C13H20BrN3O. The van der Waals surface area contributed by atoms with Gasteiger partial charge in [-0.2, -0.15) is 5.10 Å². The van der Waals surface area contributed by atoms with E-state index < -0.39 is 0 Å². The van der Waals surface area contributed by atoms with Gasteiger partial charge in [0.2, 0.25) is 0 Å². The summed E-state index contributed by atoms with van der Waals surface area (Å²) in [5.41, 5.74) is 7.85. The minimum Gasteiger partial charge on any atom is -0.325 e. The Morgan fingerprint density at radius 1 is 1.50 bits per heavy atom. The van der Waals surface area contributed by atoms with Crippen LogP contribution in [0, 0.1) is 6.92 Å². The van der Waals surface area contributed by atoms with Crippen molar-refractivity contribution >= 4 is 21.7 Å². The van der Waals surface area contributed by atoms with Gasteiger partial charge in [0.15, 0.2) is 0 Å². The third-order valence-electron chi connectivity index (χ3n) is 3.77. The lowest BCUT2D eigenvalue weighted by molar-refractivity contribution is -0.119. The highest BCUT2D eigenvalue weighted by Crippen LogP contribution is 2.31. The SMILES string of the molecule is Cc1nn(C)c(CC(=O)CC2(N)CCCC2)c1Br. The molecule has 4 nitrogen and oxygen atoms in total. The topological polar surface area (TPSA) is 60.9 Å². The largest absolute Gasteiger partial charge is 0.325 e. The summed E-state index contributed by atoms with van der Waals surface area (Å²) in [5, 5.41) is 4.30. The number of nitrogens with two attached hydrogens (primary N) is 1. The van der Waals surface area contributed by atoms with Gasteiger partial charge in [-0.1, -0.05) is 12.8 Å². The first kappa shape index (κ1) is 13.7. The van der Waals surface area contributed by atoms with Crippen LogP contribution < -0.4 is 5.73 Å². The number of Topliss-reactive ketones (excluding diaryl/α,β-unsaturated/α-hetero) is 1. The van der Waals surface area contributed by atoms with E-state index in [4.69, 9.17) is 5.73 Å². The molecule has 0 saturated heterocycles. The van der Waals surface area contributed by atoms with E-state index in [1.54, 1.807) is 4.68 Å². The summed E-state index contributed by atoms with van der Waals surface area (Å²) >= 11 is 3.49. The quantitative estimate of drug-likeness (QED) is 0.927. The fourth-order valence-corrected chi connectivity index (χ4v) is 3.25. The molecule has 1 aromatic rings. The van der Waals surface area contributed by atoms with Crippen LogP contribution in [0.15, 0.2) is 4.47 Å². The second-order valence-corrected chi connectivity index (χ2v) is 6.22. The van der Waals surface area contributed by atoms with E-state index >= 15 is 0 Å². The molecule has 0 aliphatic heterocycles. The lowest BCUT2D eigenvalue weighted by Crippen LogP contribution is -2.39. The molecule has 100 valence electrons. The van der Waals surface area contributed by atoms with Gasteiger partial charge in [-0.15, -0.1) is 0 Å². The predicted molar refractivity (Wildman–Crippen MR) is 74.4 cm³/mol. The zero-order valence-corrected chi connectivity index (χ0v) is 12.6. The molecular weight excluding hydrogens is 294 g/mol. The zero-order chi connectivity index (χ0) is 13.3. The molecule has 0 aromatic carbocycles. The predicted octanol–water partition coefficient (Wildman–Crippen LogP) is 2.26. The number of ketones is 1. The second kappa shape index (κ2) is 5.13. The third-order valence-corrected chi connectivity index (χ3v) is 4.81. The van der Waals surface area contributed by atoms with Gasteiger partial charge in [0.25, 0.3) is 0 Å². The molecule has 0 bridgehead atoms. The summed E-state index contributed by atoms with van der Waals surface area (Å²) in [6.07, 6.45) is 5.16. The summed E-state index contributed by atoms with van der Waals surface area (Å²) in [4.78, 5) is 12.1. The van der Waals surface area contributed by atoms with Gasteiger partial charge in [0.05, 0.1) is 15.9 Å². The molecule has 0 spiro atoms. The van der Waals surface area contributed by atoms with Gasteiger partial charge >= 0.3 is 0 Å². The summed E-state index contributed by atoms with van der Waals surface area (Å²) in [6, 6.07) is 0. The normalized spacial score (nSPS) is 18.2. The average Bonchev–Trinajstić information content (AvgIpc) is 2.79. The summed E-state index contributed by atoms with van der Waals surface area (Å²) in [6.45, 7) is 1.93. The fourth-order valence-electron chi connectivity index (χ4n) is 2.77. The first-order valence-electron chi connectivity index (χ1n) is 6.40. The number of carbonyl (C=O) groups is 1. The molecule has 5 heteroatoms. The third kappa shape index (κ3) is 2.83. The summed E-state index contributed by atoms with van der Waals surface area (Å²) in [5.74, 6) is 0.211. The Morgan fingerprint density at radius 3 is 2.61 bits per heavy atom. The molecule has 0 unspecified atom stereocenters. The van der Waals surface area contributed by atoms with E-state index in [1.807, 2.05) is 14.0 Å². The lowest BCUT2D eigenvalue weighted by Gasteiger charge is -2.22. The minimum absolute atomic E-state index is 0.211. The molecule has 1 fully saturated rings. The number of hydrogen-bond acceptors (Lipinski definition) is 3. The van der Waals surface area contributed by atoms with Crippen molar-refractivity contribution in [2.75, 3.05) is 0 Å². The van der Waals surface area contributed by atoms with Crippen molar-refractivity contribution in [3.63, 3.8) is 0 Å². The van der Waals surface area contributed by atoms with Crippen molar-refractivity contribution in [1.82, 2.24) is 9.78 Å². The van der Waals surface area contributed by atoms with Crippen molar-refractivity contribution in [1.29, 1.82) is 0 Å². The number of halogens is 1. The molecule has 2 N–H and O–H groups in total. The van der Waals surface area contributed by atoms with Crippen LogP contribution in [0.1, 0.15) is 43.5 Å². The van der Waals surface area contributed by atoms with Crippen LogP contribution in [-0.2, 0) is 18.3 Å². The maximum atomic E-state index is 12.1. The van der Waals surface area contributed by atoms with Crippen molar-refractivity contribution < 1.29 is 4.79 Å². The molecule has 1 saturated carbocycles. The fraction of sp³-hybridized carbons (Fsp3) is 0.692. The van der Waals surface area contributed by atoms with Gasteiger partial charge in [-0.25, -0.2) is 0 Å². The van der Waals surface area contributed by atoms with E-state index in [1.165, 1.54) is 0 Å². The number of carbonyl (C=O) groups excluding carboxylic acids is 1. The highest BCUT2D eigenvalue weighted by Gasteiger charge is 2.32. The van der Waals surface area contributed by atoms with Crippen molar-refractivity contribution in [3.05, 3.63) is 15.9 Å². The first-order chi connectivity index (χ1) is 8.41. The number of rotatable bonds is 4. The van der Waals surface area contributed by atoms with Crippen molar-refractivity contribution in [2.45, 2.75) is 51.0 Å². The van der Waals surface area contributed by atoms with Crippen LogP contribution >= 0.6 is 15.9 Å². The number of aromatic nitrogens is 2. The van der Waals surface area contributed by atoms with Crippen LogP contribution in [0.2, 0.25) is 0 Å². The average molecular weight is 314 g/mol. The summed E-state index contributed by atoms with van der Waals surface area (Å²) in [7, 11) is 1.87. The monoisotopic (exact) mass is 313 g/mol. The Balaban J connectivity index is 2.03. The van der Waals surface area contributed by atoms with E-state index in [0.29, 0.717) is 12.8 Å². The van der Waals surface area contributed by atoms with Gasteiger partial charge in [-0.3, -0.25) is 9.48 Å². The minimum atomic E-state index is -0.253. The Morgan fingerprint density at radius 2 is 2.11 bits per heavy atom. The molecule has 0 atom stereocenters. The van der Waals surface area contributed by atoms with E-state index in [0.717, 1.165) is 41.5 Å². The van der Waals surface area contributed by atoms with Crippen LogP contribution in [0.4, 0.5) is 0 Å². The van der Waals surface area contributed by atoms with Crippen LogP contribution in [-0.4, -0.2) is 21.1 Å². The molecule has 0 amide bonds. The van der Waals surface area contributed by atoms with Crippen LogP contribution in [0.5, 0.6) is 0 Å². The van der Waals surface area contributed by atoms with Gasteiger partial charge in [0, 0.05) is 25.4 Å². The molecule has 1 aliphatic carbocycles. The highest BCUT2D eigenvalue weighted by molar-refractivity contribution is 9.10. The smallest absolute Gasteiger partial charge is 0.140 e. The van der Waals surface area contributed by atoms with Gasteiger partial charge in [-0.05, 0) is 35.7 Å². The van der Waals surface area contributed by atoms with E-state index in [-0.39, 0.29) is 11.3 Å². The standard InChI is InChI=1S/C13H20BrN3O/c1-9-12(14)11(17(2)16-9)7-10(18)8-13(15)5-3-4-6-13/h3-8,15H2,1-2H3. The Hall–Kier alpha value is -0.680. The van der Waals surface area contributed by atoms with Crippen molar-refractivity contribution in [3.8, 4) is 0 Å². The molecule has 2 rings (SSSR count). The molecule has 1 aromatic heterocycles. The van der Waals surface area contributed by atoms with E-state index in [9.17, 15) is 4.79 Å². The number of nitrogens with zero attached hydrogens (tertiary/aromatic N) is 2. The molecule has 1 heterocycles. The van der Waals surface area contributed by atoms with E-state index in [2.05, 4.69) is 21.0 Å². The molecule has 18 heavy (non-hydrogen) atoms. The van der Waals surface area contributed by atoms with Gasteiger partial charge in [0.1, 0.15) is 5.78 Å². The lowest BCUT2D eigenvalue weighted by atomic mass is 9.91. The van der Waals surface area contributed by atoms with Crippen LogP contribution in [0.25, 0.3) is 0 Å². The van der Waals surface area contributed by atoms with Crippen LogP contribution in [0.3, 0.4) is 0 Å². The summed E-state index contributed by atoms with van der Waals surface area (Å²) < 4.78 is 2.71. The second-order valence-electron chi connectivity index (χ2n) is 5.43. The number of hydrogen-bond donors (Lipinski definition) is 1. The first-order valence-corrected chi connectivity index (χ1v) is 7.19. The Bertz CT molecular complexity index is 461. The molecule has 0 radical (unpaired) electrons. The maximum Gasteiger partial charge on any atom is 0.140 e. The number of aryl methyl sites for hydroxylation is 2. The zero-order valence-electron chi connectivity index (χ0n) is 11.0. The molecule has 1 aliphatic rings. The highest BCUT2D eigenvalue weighted by atomic mass is 79.9. The van der Waals surface area contributed by atoms with Crippen molar-refractivity contribution in [2.24, 2.45) is 12.8 Å².